The number of hydrogen-bond donors (Lipinski definition) is 2. The highest BCUT2D eigenvalue weighted by Gasteiger charge is 2.40. The summed E-state index contributed by atoms with van der Waals surface area (Å²) in [6.07, 6.45) is 7.52. The molecule has 7 heteroatoms. The molecule has 1 aromatic carbocycles. The van der Waals surface area contributed by atoms with Crippen molar-refractivity contribution in [3.8, 4) is 0 Å². The van der Waals surface area contributed by atoms with Gasteiger partial charge in [-0.15, -0.1) is 24.0 Å². The van der Waals surface area contributed by atoms with Crippen LogP contribution >= 0.6 is 24.0 Å². The first kappa shape index (κ1) is 25.3. The fourth-order valence-corrected chi connectivity index (χ4v) is 5.58. The summed E-state index contributed by atoms with van der Waals surface area (Å²) in [5.74, 6) is 2.54. The van der Waals surface area contributed by atoms with Gasteiger partial charge in [-0.25, -0.2) is 4.99 Å². The largest absolute Gasteiger partial charge is 0.354 e. The van der Waals surface area contributed by atoms with Gasteiger partial charge < -0.3 is 15.5 Å². The van der Waals surface area contributed by atoms with E-state index in [2.05, 4.69) is 57.8 Å². The molecule has 1 aliphatic heterocycles. The summed E-state index contributed by atoms with van der Waals surface area (Å²) in [6, 6.07) is 12.1. The topological polar surface area (TPSA) is 60.0 Å². The summed E-state index contributed by atoms with van der Waals surface area (Å²) in [5.41, 5.74) is 1.39. The minimum absolute atomic E-state index is 0. The van der Waals surface area contributed by atoms with E-state index < -0.39 is 0 Å². The van der Waals surface area contributed by atoms with Crippen LogP contribution in [0.1, 0.15) is 57.1 Å². The zero-order valence-corrected chi connectivity index (χ0v) is 22.1. The Morgan fingerprint density at radius 3 is 2.41 bits per heavy atom. The van der Waals surface area contributed by atoms with Gasteiger partial charge in [0.25, 0.3) is 0 Å². The highest BCUT2D eigenvalue weighted by atomic mass is 127. The van der Waals surface area contributed by atoms with Gasteiger partial charge in [-0.2, -0.15) is 0 Å². The van der Waals surface area contributed by atoms with Crippen molar-refractivity contribution in [2.24, 2.45) is 16.8 Å². The number of benzene rings is 1. The lowest BCUT2D eigenvalue weighted by molar-refractivity contribution is -0.127. The number of likely N-dealkylation sites (tertiary alicyclic amines) is 1. The highest BCUT2D eigenvalue weighted by molar-refractivity contribution is 14.0. The van der Waals surface area contributed by atoms with Gasteiger partial charge in [0.15, 0.2) is 5.96 Å². The Morgan fingerprint density at radius 1 is 1.09 bits per heavy atom. The van der Waals surface area contributed by atoms with Crippen LogP contribution in [0.25, 0.3) is 0 Å². The summed E-state index contributed by atoms with van der Waals surface area (Å²) in [6.45, 7) is 4.66. The second-order valence-corrected chi connectivity index (χ2v) is 9.92. The molecule has 2 bridgehead atoms. The van der Waals surface area contributed by atoms with Gasteiger partial charge in [0.1, 0.15) is 6.54 Å². The number of amides is 1. The van der Waals surface area contributed by atoms with E-state index in [0.29, 0.717) is 18.1 Å². The number of hydrogen-bond acceptors (Lipinski definition) is 3. The number of carbonyl (C=O) groups excluding carboxylic acids is 1. The van der Waals surface area contributed by atoms with Gasteiger partial charge >= 0.3 is 0 Å². The molecule has 2 aliphatic carbocycles. The third-order valence-electron chi connectivity index (χ3n) is 7.63. The van der Waals surface area contributed by atoms with E-state index in [0.717, 1.165) is 43.7 Å². The Balaban J connectivity index is 0.00000289. The molecule has 4 atom stereocenters. The number of piperidine rings is 1. The average Bonchev–Trinajstić information content (AvgIpc) is 3.41. The molecule has 0 radical (unpaired) electrons. The first-order valence-electron chi connectivity index (χ1n) is 12.1. The van der Waals surface area contributed by atoms with Gasteiger partial charge in [-0.05, 0) is 56.4 Å². The fourth-order valence-electron chi connectivity index (χ4n) is 5.58. The number of fused-ring (bicyclic) bond motifs is 2. The van der Waals surface area contributed by atoms with E-state index in [1.807, 2.05) is 0 Å². The van der Waals surface area contributed by atoms with Gasteiger partial charge in [0.2, 0.25) is 5.91 Å². The van der Waals surface area contributed by atoms with E-state index in [1.54, 1.807) is 19.0 Å². The number of carbonyl (C=O) groups is 1. The smallest absolute Gasteiger partial charge is 0.243 e. The number of likely N-dealkylation sites (N-methyl/N-ethyl adjacent to an activating group) is 1. The molecule has 2 N–H and O–H groups in total. The monoisotopic (exact) mass is 553 g/mol. The van der Waals surface area contributed by atoms with E-state index in [4.69, 9.17) is 0 Å². The SMILES string of the molecule is CC(c1ccccc1)N1CCC(NC(=NCC(=O)N(C)C)NC2CC3CCC2C3)CC1.I. The van der Waals surface area contributed by atoms with Crippen LogP contribution in [0.2, 0.25) is 0 Å². The van der Waals surface area contributed by atoms with Crippen LogP contribution in [0.3, 0.4) is 0 Å². The number of nitrogens with zero attached hydrogens (tertiary/aromatic N) is 3. The maximum Gasteiger partial charge on any atom is 0.243 e. The summed E-state index contributed by atoms with van der Waals surface area (Å²) >= 11 is 0. The van der Waals surface area contributed by atoms with Crippen molar-refractivity contribution in [2.45, 2.75) is 63.6 Å². The second-order valence-electron chi connectivity index (χ2n) is 9.92. The number of halogens is 1. The van der Waals surface area contributed by atoms with E-state index in [-0.39, 0.29) is 36.4 Å². The molecule has 1 amide bonds. The predicted octanol–water partition coefficient (Wildman–Crippen LogP) is 3.64. The highest BCUT2D eigenvalue weighted by Crippen LogP contribution is 2.44. The Hall–Kier alpha value is -1.35. The number of rotatable bonds is 6. The van der Waals surface area contributed by atoms with Crippen LogP contribution in [0, 0.1) is 11.8 Å². The van der Waals surface area contributed by atoms with E-state index in [9.17, 15) is 4.79 Å². The Labute approximate surface area is 210 Å². The lowest BCUT2D eigenvalue weighted by Crippen LogP contribution is -2.52. The molecule has 0 aromatic heterocycles. The Morgan fingerprint density at radius 2 is 1.81 bits per heavy atom. The number of nitrogens with one attached hydrogen (secondary N) is 2. The maximum atomic E-state index is 12.1. The van der Waals surface area contributed by atoms with Gasteiger partial charge in [0.05, 0.1) is 0 Å². The molecule has 32 heavy (non-hydrogen) atoms. The minimum Gasteiger partial charge on any atom is -0.354 e. The van der Waals surface area contributed by atoms with Crippen LogP contribution in [0.4, 0.5) is 0 Å². The summed E-state index contributed by atoms with van der Waals surface area (Å²) in [5, 5.41) is 7.38. The van der Waals surface area contributed by atoms with Crippen molar-refractivity contribution in [3.63, 3.8) is 0 Å². The molecule has 0 spiro atoms. The van der Waals surface area contributed by atoms with Crippen LogP contribution in [0.15, 0.2) is 35.3 Å². The molecule has 1 saturated heterocycles. The van der Waals surface area contributed by atoms with Gasteiger partial charge in [0, 0.05) is 45.3 Å². The molecule has 4 rings (SSSR count). The first-order valence-corrected chi connectivity index (χ1v) is 12.1. The van der Waals surface area contributed by atoms with Crippen molar-refractivity contribution >= 4 is 35.8 Å². The predicted molar refractivity (Wildman–Crippen MR) is 141 cm³/mol. The minimum atomic E-state index is 0. The third kappa shape index (κ3) is 6.37. The van der Waals surface area contributed by atoms with Crippen LogP contribution < -0.4 is 10.6 Å². The summed E-state index contributed by atoms with van der Waals surface area (Å²) < 4.78 is 0. The third-order valence-corrected chi connectivity index (χ3v) is 7.63. The zero-order chi connectivity index (χ0) is 21.8. The normalized spacial score (nSPS) is 27.0. The number of guanidine groups is 1. The lowest BCUT2D eigenvalue weighted by Gasteiger charge is -2.37. The maximum absolute atomic E-state index is 12.1. The van der Waals surface area contributed by atoms with Crippen LogP contribution in [-0.4, -0.2) is 67.5 Å². The van der Waals surface area contributed by atoms with Crippen molar-refractivity contribution in [3.05, 3.63) is 35.9 Å². The second kappa shape index (κ2) is 11.7. The molecule has 4 unspecified atom stereocenters. The summed E-state index contributed by atoms with van der Waals surface area (Å²) in [7, 11) is 3.58. The van der Waals surface area contributed by atoms with Crippen LogP contribution in [-0.2, 0) is 4.79 Å². The molecule has 178 valence electrons. The van der Waals surface area contributed by atoms with Gasteiger partial charge in [-0.3, -0.25) is 9.69 Å². The number of aliphatic imine (C=N–C) groups is 1. The molecule has 3 aliphatic rings. The average molecular weight is 554 g/mol. The molecular weight excluding hydrogens is 513 g/mol. The molecule has 2 saturated carbocycles. The molecule has 1 heterocycles. The zero-order valence-electron chi connectivity index (χ0n) is 19.8. The Kier molecular flexibility index (Phi) is 9.22. The van der Waals surface area contributed by atoms with E-state index in [1.165, 1.54) is 31.2 Å². The quantitative estimate of drug-likeness (QED) is 0.321. The summed E-state index contributed by atoms with van der Waals surface area (Å²) in [4.78, 5) is 21.0. The lowest BCUT2D eigenvalue weighted by atomic mass is 9.95. The molecule has 6 nitrogen and oxygen atoms in total. The molecular formula is C25H40IN5O. The molecule has 3 fully saturated rings. The van der Waals surface area contributed by atoms with Crippen molar-refractivity contribution in [1.82, 2.24) is 20.4 Å². The van der Waals surface area contributed by atoms with Crippen molar-refractivity contribution in [2.75, 3.05) is 33.7 Å². The van der Waals surface area contributed by atoms with Crippen molar-refractivity contribution in [1.29, 1.82) is 0 Å². The van der Waals surface area contributed by atoms with Crippen molar-refractivity contribution < 1.29 is 4.79 Å². The molecule has 1 aromatic rings. The Bertz CT molecular complexity index is 763. The van der Waals surface area contributed by atoms with E-state index >= 15 is 0 Å². The van der Waals surface area contributed by atoms with Crippen LogP contribution in [0.5, 0.6) is 0 Å². The van der Waals surface area contributed by atoms with Gasteiger partial charge in [-0.1, -0.05) is 36.8 Å². The fraction of sp³-hybridized carbons (Fsp3) is 0.680. The first-order chi connectivity index (χ1) is 15.0. The standard InChI is InChI=1S/C25H39N5O.HI/c1-18(20-7-5-4-6-8-20)30-13-11-22(12-14-30)27-25(26-17-24(31)29(2)3)28-23-16-19-9-10-21(23)15-19;/h4-8,18-19,21-23H,9-17H2,1-3H3,(H2,26,27,28);1H.